The molecule has 0 radical (unpaired) electrons. The fourth-order valence-corrected chi connectivity index (χ4v) is 5.28. The second-order valence-electron chi connectivity index (χ2n) is 7.04. The highest BCUT2D eigenvalue weighted by atomic mass is 79.9. The van der Waals surface area contributed by atoms with Gasteiger partial charge in [-0.2, -0.15) is 0 Å². The Morgan fingerprint density at radius 3 is 2.65 bits per heavy atom. The van der Waals surface area contributed by atoms with E-state index in [0.717, 1.165) is 23.0 Å². The van der Waals surface area contributed by atoms with Gasteiger partial charge >= 0.3 is 0 Å². The molecule has 2 aromatic rings. The van der Waals surface area contributed by atoms with Crippen LogP contribution in [-0.4, -0.2) is 18.5 Å². The summed E-state index contributed by atoms with van der Waals surface area (Å²) in [6, 6.07) is 15.0. The molecule has 1 saturated carbocycles. The predicted molar refractivity (Wildman–Crippen MR) is 112 cm³/mol. The maximum absolute atomic E-state index is 12.7. The van der Waals surface area contributed by atoms with E-state index >= 15 is 0 Å². The van der Waals surface area contributed by atoms with Crippen molar-refractivity contribution in [2.24, 2.45) is 0 Å². The summed E-state index contributed by atoms with van der Waals surface area (Å²) in [7, 11) is 0. The van der Waals surface area contributed by atoms with Gasteiger partial charge in [-0.05, 0) is 54.6 Å². The number of benzene rings is 2. The molecule has 4 rings (SSSR count). The minimum Gasteiger partial charge on any atom is -0.352 e. The Bertz CT molecular complexity index is 802. The van der Waals surface area contributed by atoms with E-state index in [0.29, 0.717) is 12.6 Å². The minimum atomic E-state index is 0.123. The van der Waals surface area contributed by atoms with Gasteiger partial charge in [-0.15, -0.1) is 0 Å². The van der Waals surface area contributed by atoms with Crippen molar-refractivity contribution in [3.63, 3.8) is 0 Å². The Hall–Kier alpha value is -1.46. The molecule has 136 valence electrons. The summed E-state index contributed by atoms with van der Waals surface area (Å²) < 4.78 is 3.18. The minimum absolute atomic E-state index is 0.123. The number of hydrogen-bond acceptors (Lipinski definition) is 3. The number of carbonyl (C=O) groups excluding carboxylic acids is 1. The first-order valence-corrected chi connectivity index (χ1v) is 10.9. The zero-order chi connectivity index (χ0) is 17.9. The molecule has 0 spiro atoms. The topological polar surface area (TPSA) is 32.3 Å². The van der Waals surface area contributed by atoms with Gasteiger partial charge in [0.15, 0.2) is 0 Å². The smallest absolute Gasteiger partial charge is 0.240 e. The number of nitrogens with zero attached hydrogens (tertiary/aromatic N) is 1. The van der Waals surface area contributed by atoms with Crippen molar-refractivity contribution in [3.8, 4) is 11.1 Å². The molecule has 3 nitrogen and oxygen atoms in total. The van der Waals surface area contributed by atoms with Crippen LogP contribution in [0.2, 0.25) is 0 Å². The van der Waals surface area contributed by atoms with Crippen LogP contribution in [0.25, 0.3) is 11.1 Å². The Labute approximate surface area is 167 Å². The van der Waals surface area contributed by atoms with E-state index in [4.69, 9.17) is 0 Å². The van der Waals surface area contributed by atoms with Gasteiger partial charge in [-0.3, -0.25) is 4.79 Å². The molecule has 5 heteroatoms. The van der Waals surface area contributed by atoms with Crippen molar-refractivity contribution in [1.29, 1.82) is 0 Å². The van der Waals surface area contributed by atoms with Gasteiger partial charge in [0.05, 0.1) is 5.69 Å². The van der Waals surface area contributed by atoms with Crippen LogP contribution in [0.15, 0.2) is 51.8 Å². The molecule has 1 N–H and O–H groups in total. The molecule has 2 aliphatic rings. The van der Waals surface area contributed by atoms with Gasteiger partial charge in [0.2, 0.25) is 5.91 Å². The summed E-state index contributed by atoms with van der Waals surface area (Å²) in [5, 5.41) is 3.27. The van der Waals surface area contributed by atoms with E-state index in [9.17, 15) is 4.79 Å². The Morgan fingerprint density at radius 2 is 1.85 bits per heavy atom. The number of nitrogens with one attached hydrogen (secondary N) is 1. The lowest BCUT2D eigenvalue weighted by Crippen LogP contribution is -2.40. The third-order valence-corrected chi connectivity index (χ3v) is 6.71. The van der Waals surface area contributed by atoms with Crippen LogP contribution >= 0.6 is 27.9 Å². The number of hydrogen-bond donors (Lipinski definition) is 1. The van der Waals surface area contributed by atoms with Crippen LogP contribution in [0, 0.1) is 0 Å². The molecule has 1 fully saturated rings. The molecule has 1 heterocycles. The van der Waals surface area contributed by atoms with Crippen LogP contribution in [0.5, 0.6) is 0 Å². The summed E-state index contributed by atoms with van der Waals surface area (Å²) in [6.07, 6.45) is 7.29. The van der Waals surface area contributed by atoms with Crippen LogP contribution in [-0.2, 0) is 4.79 Å². The summed E-state index contributed by atoms with van der Waals surface area (Å²) in [4.78, 5) is 13.9. The summed E-state index contributed by atoms with van der Waals surface area (Å²) >= 11 is 5.24. The number of rotatable bonds is 3. The molecule has 0 unspecified atom stereocenters. The van der Waals surface area contributed by atoms with Gasteiger partial charge in [0, 0.05) is 21.0 Å². The lowest BCUT2D eigenvalue weighted by atomic mass is 10.0. The van der Waals surface area contributed by atoms with Crippen molar-refractivity contribution >= 4 is 39.5 Å². The van der Waals surface area contributed by atoms with E-state index in [1.807, 2.05) is 6.07 Å². The van der Waals surface area contributed by atoms with Crippen LogP contribution < -0.4 is 9.62 Å². The monoisotopic (exact) mass is 430 g/mol. The van der Waals surface area contributed by atoms with Crippen LogP contribution in [0.1, 0.15) is 38.5 Å². The lowest BCUT2D eigenvalue weighted by molar-refractivity contribution is -0.120. The average Bonchev–Trinajstić information content (AvgIpc) is 2.90. The fourth-order valence-electron chi connectivity index (χ4n) is 3.82. The van der Waals surface area contributed by atoms with Gasteiger partial charge in [-0.25, -0.2) is 0 Å². The largest absolute Gasteiger partial charge is 0.352 e. The second-order valence-corrected chi connectivity index (χ2v) is 9.02. The van der Waals surface area contributed by atoms with Crippen molar-refractivity contribution in [2.75, 3.05) is 10.8 Å². The van der Waals surface area contributed by atoms with Crippen molar-refractivity contribution < 1.29 is 4.79 Å². The van der Waals surface area contributed by atoms with E-state index in [2.05, 4.69) is 62.0 Å². The Kier molecular flexibility index (Phi) is 5.55. The quantitative estimate of drug-likeness (QED) is 0.494. The molecule has 0 bridgehead atoms. The highest BCUT2D eigenvalue weighted by Gasteiger charge is 2.25. The first-order chi connectivity index (χ1) is 12.7. The molecule has 1 aliphatic heterocycles. The highest BCUT2D eigenvalue weighted by molar-refractivity contribution is 9.10. The Balaban J connectivity index is 1.53. The van der Waals surface area contributed by atoms with Gasteiger partial charge in [0.1, 0.15) is 6.54 Å². The molecule has 26 heavy (non-hydrogen) atoms. The number of halogens is 1. The molecule has 0 atom stereocenters. The number of amides is 1. The number of anilines is 1. The highest BCUT2D eigenvalue weighted by Crippen LogP contribution is 2.46. The second kappa shape index (κ2) is 8.05. The molecular formula is C21H23BrN2OS. The standard InChI is InChI=1S/C21H23BrN2OS/c22-15-11-12-19-18(13-15)17-9-5-6-10-20(17)26-24(19)14-21(25)23-16-7-3-1-2-4-8-16/h5-6,9-13,16H,1-4,7-8,14H2,(H,23,25). The van der Waals surface area contributed by atoms with E-state index < -0.39 is 0 Å². The predicted octanol–water partition coefficient (Wildman–Crippen LogP) is 5.78. The van der Waals surface area contributed by atoms with E-state index in [-0.39, 0.29) is 5.91 Å². The molecule has 0 saturated heterocycles. The number of carbonyl (C=O) groups is 1. The maximum Gasteiger partial charge on any atom is 0.240 e. The van der Waals surface area contributed by atoms with Crippen molar-refractivity contribution in [3.05, 3.63) is 46.9 Å². The van der Waals surface area contributed by atoms with E-state index in [1.165, 1.54) is 41.7 Å². The SMILES string of the molecule is O=C(CN1Sc2ccccc2-c2cc(Br)ccc21)NC1CCCCCC1. The van der Waals surface area contributed by atoms with Crippen LogP contribution in [0.3, 0.4) is 0 Å². The molecule has 1 aliphatic carbocycles. The lowest BCUT2D eigenvalue weighted by Gasteiger charge is -2.31. The molecular weight excluding hydrogens is 408 g/mol. The third kappa shape index (κ3) is 3.94. The fraction of sp³-hybridized carbons (Fsp3) is 0.381. The van der Waals surface area contributed by atoms with Gasteiger partial charge < -0.3 is 9.62 Å². The summed E-state index contributed by atoms with van der Waals surface area (Å²) in [6.45, 7) is 0.379. The molecule has 2 aromatic carbocycles. The van der Waals surface area contributed by atoms with Gasteiger partial charge in [0.25, 0.3) is 0 Å². The average molecular weight is 431 g/mol. The van der Waals surface area contributed by atoms with Crippen molar-refractivity contribution in [1.82, 2.24) is 5.32 Å². The normalized spacial score (nSPS) is 17.2. The summed E-state index contributed by atoms with van der Waals surface area (Å²) in [5.41, 5.74) is 3.51. The molecule has 1 amide bonds. The van der Waals surface area contributed by atoms with E-state index in [1.54, 1.807) is 11.9 Å². The summed E-state index contributed by atoms with van der Waals surface area (Å²) in [5.74, 6) is 0.123. The molecule has 0 aromatic heterocycles. The first-order valence-electron chi connectivity index (χ1n) is 9.34. The first kappa shape index (κ1) is 17.9. The number of fused-ring (bicyclic) bond motifs is 3. The van der Waals surface area contributed by atoms with Crippen LogP contribution in [0.4, 0.5) is 5.69 Å². The Morgan fingerprint density at radius 1 is 1.08 bits per heavy atom. The zero-order valence-electron chi connectivity index (χ0n) is 14.7. The zero-order valence-corrected chi connectivity index (χ0v) is 17.1. The van der Waals surface area contributed by atoms with Gasteiger partial charge in [-0.1, -0.05) is 59.8 Å². The maximum atomic E-state index is 12.7. The van der Waals surface area contributed by atoms with Crippen molar-refractivity contribution in [2.45, 2.75) is 49.5 Å². The third-order valence-electron chi connectivity index (χ3n) is 5.12.